The quantitative estimate of drug-likeness (QED) is 0.799. The van der Waals surface area contributed by atoms with Crippen molar-refractivity contribution in [2.75, 3.05) is 4.90 Å². The average Bonchev–Trinajstić information content (AvgIpc) is 2.87. The van der Waals surface area contributed by atoms with Gasteiger partial charge in [-0.3, -0.25) is 9.69 Å². The number of halogens is 1. The van der Waals surface area contributed by atoms with Crippen molar-refractivity contribution >= 4 is 40.2 Å². The van der Waals surface area contributed by atoms with Crippen molar-refractivity contribution in [2.24, 2.45) is 0 Å². The second-order valence-corrected chi connectivity index (χ2v) is 6.11. The molecule has 1 aliphatic heterocycles. The monoisotopic (exact) mass is 393 g/mol. The number of hydrogen-bond acceptors (Lipinski definition) is 2. The molecular formula is C16H12INO3. The van der Waals surface area contributed by atoms with Gasteiger partial charge >= 0.3 is 5.97 Å². The third-order valence-corrected chi connectivity index (χ3v) is 4.29. The Morgan fingerprint density at radius 3 is 2.43 bits per heavy atom. The summed E-state index contributed by atoms with van der Waals surface area (Å²) in [6.45, 7) is 0. The van der Waals surface area contributed by atoms with Gasteiger partial charge in [0.25, 0.3) is 5.91 Å². The topological polar surface area (TPSA) is 57.6 Å². The number of rotatable bonds is 2. The lowest BCUT2D eigenvalue weighted by atomic mass is 10.1. The van der Waals surface area contributed by atoms with Crippen LogP contribution in [0, 0.1) is 3.57 Å². The molecular weight excluding hydrogens is 381 g/mol. The summed E-state index contributed by atoms with van der Waals surface area (Å²) in [6, 6.07) is 13.6. The molecule has 3 rings (SSSR count). The minimum Gasteiger partial charge on any atom is -0.480 e. The summed E-state index contributed by atoms with van der Waals surface area (Å²) in [5, 5.41) is 9.40. The van der Waals surface area contributed by atoms with E-state index >= 15 is 0 Å². The zero-order chi connectivity index (χ0) is 15.0. The van der Waals surface area contributed by atoms with E-state index in [2.05, 4.69) is 22.6 Å². The summed E-state index contributed by atoms with van der Waals surface area (Å²) in [5.74, 6) is -1.26. The van der Waals surface area contributed by atoms with Crippen LogP contribution in [0.4, 0.5) is 5.69 Å². The fourth-order valence-corrected chi connectivity index (χ4v) is 2.93. The fraction of sp³-hybridized carbons (Fsp3) is 0.125. The minimum absolute atomic E-state index is 0.274. The van der Waals surface area contributed by atoms with Crippen LogP contribution in [0.5, 0.6) is 0 Å². The number of amides is 1. The molecule has 2 aromatic rings. The first-order chi connectivity index (χ1) is 10.1. The maximum Gasteiger partial charge on any atom is 0.327 e. The molecule has 0 bridgehead atoms. The van der Waals surface area contributed by atoms with Gasteiger partial charge < -0.3 is 5.11 Å². The first-order valence-electron chi connectivity index (χ1n) is 6.48. The second-order valence-electron chi connectivity index (χ2n) is 4.87. The van der Waals surface area contributed by atoms with E-state index in [1.807, 2.05) is 30.3 Å². The number of carboxylic acid groups (broad SMARTS) is 1. The van der Waals surface area contributed by atoms with Crippen molar-refractivity contribution < 1.29 is 14.7 Å². The van der Waals surface area contributed by atoms with Crippen molar-refractivity contribution in [1.82, 2.24) is 0 Å². The number of carbonyl (C=O) groups excluding carboxylic acids is 1. The SMILES string of the molecule is O=C(O)C1Cc2ccccc2N1C(=O)c1ccc(I)cc1. The fourth-order valence-electron chi connectivity index (χ4n) is 2.57. The molecule has 106 valence electrons. The van der Waals surface area contributed by atoms with E-state index in [1.165, 1.54) is 4.90 Å². The molecule has 1 unspecified atom stereocenters. The van der Waals surface area contributed by atoms with E-state index in [9.17, 15) is 14.7 Å². The zero-order valence-electron chi connectivity index (χ0n) is 11.0. The van der Waals surface area contributed by atoms with E-state index in [4.69, 9.17) is 0 Å². The molecule has 1 atom stereocenters. The van der Waals surface area contributed by atoms with Gasteiger partial charge in [0.2, 0.25) is 0 Å². The van der Waals surface area contributed by atoms with Crippen molar-refractivity contribution in [2.45, 2.75) is 12.5 Å². The molecule has 5 heteroatoms. The predicted octanol–water partition coefficient (Wildman–Crippen LogP) is 2.95. The van der Waals surface area contributed by atoms with Crippen LogP contribution in [0.2, 0.25) is 0 Å². The molecule has 21 heavy (non-hydrogen) atoms. The van der Waals surface area contributed by atoms with Crippen LogP contribution in [0.15, 0.2) is 48.5 Å². The van der Waals surface area contributed by atoms with Crippen molar-refractivity contribution in [3.05, 3.63) is 63.2 Å². The highest BCUT2D eigenvalue weighted by Crippen LogP contribution is 2.33. The van der Waals surface area contributed by atoms with Gasteiger partial charge in [0.1, 0.15) is 6.04 Å². The maximum absolute atomic E-state index is 12.7. The Morgan fingerprint density at radius 2 is 1.76 bits per heavy atom. The summed E-state index contributed by atoms with van der Waals surface area (Å²) in [4.78, 5) is 25.6. The first kappa shape index (κ1) is 14.1. The van der Waals surface area contributed by atoms with Crippen LogP contribution in [-0.2, 0) is 11.2 Å². The number of para-hydroxylation sites is 1. The van der Waals surface area contributed by atoms with Gasteiger partial charge in [-0.1, -0.05) is 18.2 Å². The molecule has 0 fully saturated rings. The lowest BCUT2D eigenvalue weighted by Gasteiger charge is -2.22. The molecule has 0 spiro atoms. The van der Waals surface area contributed by atoms with Crippen LogP contribution in [0.25, 0.3) is 0 Å². The number of benzene rings is 2. The molecule has 4 nitrogen and oxygen atoms in total. The third-order valence-electron chi connectivity index (χ3n) is 3.57. The predicted molar refractivity (Wildman–Crippen MR) is 87.5 cm³/mol. The number of carbonyl (C=O) groups is 2. The molecule has 1 heterocycles. The van der Waals surface area contributed by atoms with Crippen LogP contribution in [0.1, 0.15) is 15.9 Å². The summed E-state index contributed by atoms with van der Waals surface area (Å²) < 4.78 is 1.03. The van der Waals surface area contributed by atoms with Gasteiger partial charge in [-0.15, -0.1) is 0 Å². The molecule has 1 aliphatic rings. The summed E-state index contributed by atoms with van der Waals surface area (Å²) in [6.07, 6.45) is 0.349. The average molecular weight is 393 g/mol. The Balaban J connectivity index is 2.03. The highest BCUT2D eigenvalue weighted by Gasteiger charge is 2.38. The second kappa shape index (κ2) is 5.48. The molecule has 0 radical (unpaired) electrons. The van der Waals surface area contributed by atoms with Gasteiger partial charge in [0, 0.05) is 21.2 Å². The normalized spacial score (nSPS) is 16.6. The highest BCUT2D eigenvalue weighted by molar-refractivity contribution is 14.1. The van der Waals surface area contributed by atoms with Gasteiger partial charge in [-0.05, 0) is 58.5 Å². The van der Waals surface area contributed by atoms with Gasteiger partial charge in [0.05, 0.1) is 0 Å². The smallest absolute Gasteiger partial charge is 0.327 e. The van der Waals surface area contributed by atoms with E-state index in [0.29, 0.717) is 17.7 Å². The van der Waals surface area contributed by atoms with Crippen LogP contribution in [0.3, 0.4) is 0 Å². The van der Waals surface area contributed by atoms with E-state index < -0.39 is 12.0 Å². The number of anilines is 1. The standard InChI is InChI=1S/C16H12INO3/c17-12-7-5-10(6-8-12)15(19)18-13-4-2-1-3-11(13)9-14(18)16(20)21/h1-8,14H,9H2,(H,20,21). The summed E-state index contributed by atoms with van der Waals surface area (Å²) in [5.41, 5.74) is 2.08. The van der Waals surface area contributed by atoms with Crippen LogP contribution < -0.4 is 4.90 Å². The molecule has 0 saturated heterocycles. The molecule has 0 saturated carbocycles. The Labute approximate surface area is 135 Å². The number of nitrogens with zero attached hydrogens (tertiary/aromatic N) is 1. The molecule has 2 aromatic carbocycles. The molecule has 0 aromatic heterocycles. The molecule has 0 aliphatic carbocycles. The van der Waals surface area contributed by atoms with Crippen LogP contribution >= 0.6 is 22.6 Å². The van der Waals surface area contributed by atoms with Crippen LogP contribution in [-0.4, -0.2) is 23.0 Å². The highest BCUT2D eigenvalue weighted by atomic mass is 127. The minimum atomic E-state index is -0.981. The first-order valence-corrected chi connectivity index (χ1v) is 7.55. The Hall–Kier alpha value is -1.89. The number of aliphatic carboxylic acids is 1. The molecule has 1 amide bonds. The van der Waals surface area contributed by atoms with Gasteiger partial charge in [-0.25, -0.2) is 4.79 Å². The maximum atomic E-state index is 12.7. The summed E-state index contributed by atoms with van der Waals surface area (Å²) >= 11 is 2.16. The lowest BCUT2D eigenvalue weighted by Crippen LogP contribution is -2.42. The third kappa shape index (κ3) is 2.53. The van der Waals surface area contributed by atoms with E-state index in [1.54, 1.807) is 18.2 Å². The summed E-state index contributed by atoms with van der Waals surface area (Å²) in [7, 11) is 0. The van der Waals surface area contributed by atoms with Crippen molar-refractivity contribution in [3.63, 3.8) is 0 Å². The zero-order valence-corrected chi connectivity index (χ0v) is 13.1. The van der Waals surface area contributed by atoms with Crippen molar-refractivity contribution in [1.29, 1.82) is 0 Å². The number of fused-ring (bicyclic) bond motifs is 1. The lowest BCUT2D eigenvalue weighted by molar-refractivity contribution is -0.138. The number of hydrogen-bond donors (Lipinski definition) is 1. The Morgan fingerprint density at radius 1 is 1.10 bits per heavy atom. The Kier molecular flexibility index (Phi) is 3.67. The number of carboxylic acids is 1. The van der Waals surface area contributed by atoms with Crippen molar-refractivity contribution in [3.8, 4) is 0 Å². The van der Waals surface area contributed by atoms with Gasteiger partial charge in [0.15, 0.2) is 0 Å². The van der Waals surface area contributed by atoms with Gasteiger partial charge in [-0.2, -0.15) is 0 Å². The van der Waals surface area contributed by atoms with E-state index in [0.717, 1.165) is 9.13 Å². The molecule has 1 N–H and O–H groups in total. The Bertz CT molecular complexity index is 712. The largest absolute Gasteiger partial charge is 0.480 e. The van der Waals surface area contributed by atoms with E-state index in [-0.39, 0.29) is 5.91 Å².